The van der Waals surface area contributed by atoms with Gasteiger partial charge in [0.15, 0.2) is 0 Å². The molecule has 0 unspecified atom stereocenters. The standard InChI is InChI=1S/C25H21ClF3N3/c1-16(30-11-10-18-15-31-24-9-8-20(26)14-23(18)24)17-4-2-6-21(12-17)32-22-7-3-5-19(13-22)25(27,28)29/h2-9,12-15,31-32H,10-11H2,1H3. The molecule has 7 heteroatoms. The zero-order valence-electron chi connectivity index (χ0n) is 17.3. The van der Waals surface area contributed by atoms with Gasteiger partial charge in [0.2, 0.25) is 0 Å². The van der Waals surface area contributed by atoms with Gasteiger partial charge >= 0.3 is 6.18 Å². The second-order valence-electron chi connectivity index (χ2n) is 7.51. The first-order chi connectivity index (χ1) is 15.3. The van der Waals surface area contributed by atoms with E-state index in [1.807, 2.05) is 55.6 Å². The lowest BCUT2D eigenvalue weighted by Crippen LogP contribution is -2.05. The molecular formula is C25H21ClF3N3. The largest absolute Gasteiger partial charge is 0.416 e. The molecule has 2 N–H and O–H groups in total. The Hall–Kier alpha value is -3.25. The summed E-state index contributed by atoms with van der Waals surface area (Å²) in [4.78, 5) is 7.93. The van der Waals surface area contributed by atoms with Crippen LogP contribution in [0.5, 0.6) is 0 Å². The summed E-state index contributed by atoms with van der Waals surface area (Å²) >= 11 is 6.11. The third-order valence-corrected chi connectivity index (χ3v) is 5.45. The predicted octanol–water partition coefficient (Wildman–Crippen LogP) is 7.64. The molecule has 0 atom stereocenters. The summed E-state index contributed by atoms with van der Waals surface area (Å²) < 4.78 is 38.9. The molecule has 0 amide bonds. The zero-order chi connectivity index (χ0) is 22.7. The van der Waals surface area contributed by atoms with Crippen LogP contribution < -0.4 is 5.32 Å². The minimum absolute atomic E-state index is 0.379. The molecule has 0 aliphatic heterocycles. The normalized spacial score (nSPS) is 12.3. The number of aromatic nitrogens is 1. The Bertz CT molecular complexity index is 1270. The molecule has 0 aliphatic rings. The molecule has 3 aromatic carbocycles. The van der Waals surface area contributed by atoms with Crippen LogP contribution in [0.3, 0.4) is 0 Å². The molecule has 0 saturated heterocycles. The number of nitrogens with one attached hydrogen (secondary N) is 2. The van der Waals surface area contributed by atoms with Crippen molar-refractivity contribution in [1.29, 1.82) is 0 Å². The molecule has 4 aromatic rings. The van der Waals surface area contributed by atoms with Crippen molar-refractivity contribution in [3.05, 3.63) is 94.6 Å². The summed E-state index contributed by atoms with van der Waals surface area (Å²) in [5, 5.41) is 4.84. The van der Waals surface area contributed by atoms with Crippen molar-refractivity contribution in [2.75, 3.05) is 11.9 Å². The summed E-state index contributed by atoms with van der Waals surface area (Å²) in [6.45, 7) is 2.53. The average Bonchev–Trinajstić information content (AvgIpc) is 3.15. The van der Waals surface area contributed by atoms with Crippen LogP contribution in [-0.2, 0) is 12.6 Å². The molecule has 3 nitrogen and oxygen atoms in total. The molecule has 0 saturated carbocycles. The molecule has 1 heterocycles. The van der Waals surface area contributed by atoms with Crippen LogP contribution in [-0.4, -0.2) is 17.2 Å². The number of aliphatic imine (C=N–C) groups is 1. The number of hydrogen-bond donors (Lipinski definition) is 2. The fourth-order valence-corrected chi connectivity index (χ4v) is 3.73. The van der Waals surface area contributed by atoms with Gasteiger partial charge in [-0.05, 0) is 73.0 Å². The maximum absolute atomic E-state index is 13.0. The van der Waals surface area contributed by atoms with Crippen molar-refractivity contribution in [3.63, 3.8) is 0 Å². The van der Waals surface area contributed by atoms with E-state index in [4.69, 9.17) is 11.6 Å². The number of nitrogens with zero attached hydrogens (tertiary/aromatic N) is 1. The Labute approximate surface area is 189 Å². The fourth-order valence-electron chi connectivity index (χ4n) is 3.55. The van der Waals surface area contributed by atoms with E-state index < -0.39 is 11.7 Å². The smallest absolute Gasteiger partial charge is 0.361 e. The van der Waals surface area contributed by atoms with Crippen LogP contribution in [0, 0.1) is 0 Å². The third-order valence-electron chi connectivity index (χ3n) is 5.22. The Morgan fingerprint density at radius 1 is 1.00 bits per heavy atom. The molecule has 164 valence electrons. The number of halogens is 4. The predicted molar refractivity (Wildman–Crippen MR) is 125 cm³/mol. The number of anilines is 2. The van der Waals surface area contributed by atoms with Gasteiger partial charge in [-0.2, -0.15) is 13.2 Å². The summed E-state index contributed by atoms with van der Waals surface area (Å²) in [5.74, 6) is 0. The molecule has 0 radical (unpaired) electrons. The lowest BCUT2D eigenvalue weighted by molar-refractivity contribution is -0.137. The maximum atomic E-state index is 13.0. The highest BCUT2D eigenvalue weighted by molar-refractivity contribution is 6.31. The highest BCUT2D eigenvalue weighted by Gasteiger charge is 2.30. The van der Waals surface area contributed by atoms with E-state index in [1.165, 1.54) is 6.07 Å². The van der Waals surface area contributed by atoms with E-state index in [9.17, 15) is 13.2 Å². The van der Waals surface area contributed by atoms with Gasteiger partial charge in [0.25, 0.3) is 0 Å². The quantitative estimate of drug-likeness (QED) is 0.288. The third kappa shape index (κ3) is 5.14. The highest BCUT2D eigenvalue weighted by atomic mass is 35.5. The lowest BCUT2D eigenvalue weighted by atomic mass is 10.1. The van der Waals surface area contributed by atoms with Crippen molar-refractivity contribution < 1.29 is 13.2 Å². The minimum atomic E-state index is -4.38. The van der Waals surface area contributed by atoms with Gasteiger partial charge in [-0.25, -0.2) is 0 Å². The first-order valence-electron chi connectivity index (χ1n) is 10.1. The van der Waals surface area contributed by atoms with Gasteiger partial charge in [0, 0.05) is 45.8 Å². The fraction of sp³-hybridized carbons (Fsp3) is 0.160. The second kappa shape index (κ2) is 9.09. The highest BCUT2D eigenvalue weighted by Crippen LogP contribution is 2.31. The zero-order valence-corrected chi connectivity index (χ0v) is 18.1. The van der Waals surface area contributed by atoms with Crippen molar-refractivity contribution in [2.45, 2.75) is 19.5 Å². The molecular weight excluding hydrogens is 435 g/mol. The monoisotopic (exact) mass is 455 g/mol. The number of alkyl halides is 3. The van der Waals surface area contributed by atoms with Crippen LogP contribution in [0.25, 0.3) is 10.9 Å². The van der Waals surface area contributed by atoms with E-state index in [2.05, 4.69) is 15.3 Å². The van der Waals surface area contributed by atoms with Gasteiger partial charge < -0.3 is 10.3 Å². The van der Waals surface area contributed by atoms with Gasteiger partial charge in [-0.1, -0.05) is 29.8 Å². The molecule has 0 aliphatic carbocycles. The lowest BCUT2D eigenvalue weighted by Gasteiger charge is -2.11. The molecule has 0 fully saturated rings. The summed E-state index contributed by atoms with van der Waals surface area (Å²) in [5.41, 5.74) is 4.35. The molecule has 32 heavy (non-hydrogen) atoms. The van der Waals surface area contributed by atoms with E-state index in [0.717, 1.165) is 46.3 Å². The summed E-state index contributed by atoms with van der Waals surface area (Å²) in [6.07, 6.45) is -1.63. The second-order valence-corrected chi connectivity index (χ2v) is 7.94. The van der Waals surface area contributed by atoms with E-state index >= 15 is 0 Å². The van der Waals surface area contributed by atoms with Crippen LogP contribution in [0.2, 0.25) is 5.02 Å². The van der Waals surface area contributed by atoms with E-state index in [-0.39, 0.29) is 0 Å². The SMILES string of the molecule is CC(=NCCc1c[nH]c2ccc(Cl)cc12)c1cccc(Nc2cccc(C(F)(F)F)c2)c1. The molecule has 0 spiro atoms. The average molecular weight is 456 g/mol. The van der Waals surface area contributed by atoms with Gasteiger partial charge in [0.05, 0.1) is 5.56 Å². The minimum Gasteiger partial charge on any atom is -0.361 e. The van der Waals surface area contributed by atoms with Gasteiger partial charge in [0.1, 0.15) is 0 Å². The van der Waals surface area contributed by atoms with Crippen LogP contribution in [0.4, 0.5) is 24.5 Å². The van der Waals surface area contributed by atoms with Crippen LogP contribution in [0.1, 0.15) is 23.6 Å². The van der Waals surface area contributed by atoms with Crippen molar-refractivity contribution >= 4 is 39.6 Å². The summed E-state index contributed by atoms with van der Waals surface area (Å²) in [7, 11) is 0. The van der Waals surface area contributed by atoms with Crippen molar-refractivity contribution in [1.82, 2.24) is 4.98 Å². The van der Waals surface area contributed by atoms with Gasteiger partial charge in [-0.3, -0.25) is 4.99 Å². The number of rotatable bonds is 6. The Morgan fingerprint density at radius 2 is 1.75 bits per heavy atom. The number of benzene rings is 3. The maximum Gasteiger partial charge on any atom is 0.416 e. The molecule has 0 bridgehead atoms. The number of aromatic amines is 1. The van der Waals surface area contributed by atoms with Gasteiger partial charge in [-0.15, -0.1) is 0 Å². The Balaban J connectivity index is 1.45. The number of H-pyrrole nitrogens is 1. The van der Waals surface area contributed by atoms with E-state index in [0.29, 0.717) is 22.9 Å². The van der Waals surface area contributed by atoms with Crippen molar-refractivity contribution in [3.8, 4) is 0 Å². The Morgan fingerprint density at radius 3 is 2.53 bits per heavy atom. The first-order valence-corrected chi connectivity index (χ1v) is 10.5. The summed E-state index contributed by atoms with van der Waals surface area (Å²) in [6, 6.07) is 18.4. The van der Waals surface area contributed by atoms with E-state index in [1.54, 1.807) is 6.07 Å². The first kappa shape index (κ1) is 22.0. The van der Waals surface area contributed by atoms with Crippen molar-refractivity contribution in [2.24, 2.45) is 4.99 Å². The number of fused-ring (bicyclic) bond motifs is 1. The number of hydrogen-bond acceptors (Lipinski definition) is 2. The molecule has 1 aromatic heterocycles. The van der Waals surface area contributed by atoms with Crippen LogP contribution in [0.15, 0.2) is 77.9 Å². The van der Waals surface area contributed by atoms with Crippen LogP contribution >= 0.6 is 11.6 Å². The molecule has 4 rings (SSSR count). The Kier molecular flexibility index (Phi) is 6.24. The topological polar surface area (TPSA) is 40.2 Å².